The predicted molar refractivity (Wildman–Crippen MR) is 80.7 cm³/mol. The summed E-state index contributed by atoms with van der Waals surface area (Å²) in [7, 11) is 0. The highest BCUT2D eigenvalue weighted by molar-refractivity contribution is 5.83. The summed E-state index contributed by atoms with van der Waals surface area (Å²) >= 11 is 0. The molecule has 1 fully saturated rings. The maximum absolute atomic E-state index is 12.6. The number of ether oxygens (including phenoxy) is 1. The number of carbonyl (C=O) groups is 1. The highest BCUT2D eigenvalue weighted by atomic mass is 16.5. The molecule has 0 bridgehead atoms. The highest BCUT2D eigenvalue weighted by Gasteiger charge is 2.42. The van der Waals surface area contributed by atoms with Gasteiger partial charge in [0.05, 0.1) is 5.41 Å². The number of rotatable bonds is 6. The molecule has 1 aliphatic rings. The van der Waals surface area contributed by atoms with Crippen molar-refractivity contribution in [3.8, 4) is 0 Å². The average molecular weight is 275 g/mol. The minimum absolute atomic E-state index is 0.0405. The van der Waals surface area contributed by atoms with Gasteiger partial charge in [0.2, 0.25) is 0 Å². The van der Waals surface area contributed by atoms with Gasteiger partial charge in [0, 0.05) is 6.54 Å². The molecule has 0 radical (unpaired) electrons. The zero-order valence-corrected chi connectivity index (χ0v) is 12.4. The van der Waals surface area contributed by atoms with Crippen molar-refractivity contribution in [2.24, 2.45) is 0 Å². The molecule has 0 amide bonds. The van der Waals surface area contributed by atoms with Crippen molar-refractivity contribution < 1.29 is 9.53 Å². The normalized spacial score (nSPS) is 17.6. The summed E-state index contributed by atoms with van der Waals surface area (Å²) in [6.45, 7) is 4.14. The molecule has 0 unspecified atom stereocenters. The van der Waals surface area contributed by atoms with Crippen LogP contribution in [0.3, 0.4) is 0 Å². The Hall–Kier alpha value is -1.35. The molecule has 3 heteroatoms. The molecular formula is C17H25NO2. The van der Waals surface area contributed by atoms with Crippen LogP contribution in [0.15, 0.2) is 30.3 Å². The second-order valence-corrected chi connectivity index (χ2v) is 5.50. The number of esters is 1. The third kappa shape index (κ3) is 3.40. The molecule has 0 atom stereocenters. The van der Waals surface area contributed by atoms with Gasteiger partial charge < -0.3 is 10.1 Å². The zero-order valence-electron chi connectivity index (χ0n) is 12.4. The Bertz CT molecular complexity index is 410. The van der Waals surface area contributed by atoms with E-state index in [0.717, 1.165) is 44.3 Å². The van der Waals surface area contributed by atoms with E-state index in [1.807, 2.05) is 18.2 Å². The van der Waals surface area contributed by atoms with Crippen LogP contribution in [0.5, 0.6) is 0 Å². The molecular weight excluding hydrogens is 250 g/mol. The fraction of sp³-hybridized carbons (Fsp3) is 0.588. The molecule has 3 nitrogen and oxygen atoms in total. The number of benzene rings is 1. The Balaban J connectivity index is 2.09. The van der Waals surface area contributed by atoms with Crippen molar-refractivity contribution in [3.63, 3.8) is 0 Å². The van der Waals surface area contributed by atoms with Crippen LogP contribution in [0, 0.1) is 0 Å². The second-order valence-electron chi connectivity index (χ2n) is 5.50. The third-order valence-electron chi connectivity index (χ3n) is 4.19. The van der Waals surface area contributed by atoms with Gasteiger partial charge in [-0.25, -0.2) is 0 Å². The summed E-state index contributed by atoms with van der Waals surface area (Å²) < 4.78 is 5.54. The molecule has 1 aliphatic carbocycles. The quantitative estimate of drug-likeness (QED) is 0.640. The van der Waals surface area contributed by atoms with Gasteiger partial charge in [-0.1, -0.05) is 56.5 Å². The summed E-state index contributed by atoms with van der Waals surface area (Å²) in [6, 6.07) is 10.2. The van der Waals surface area contributed by atoms with E-state index in [-0.39, 0.29) is 5.97 Å². The van der Waals surface area contributed by atoms with Crippen molar-refractivity contribution in [2.75, 3.05) is 19.7 Å². The highest BCUT2D eigenvalue weighted by Crippen LogP contribution is 2.40. The summed E-state index contributed by atoms with van der Waals surface area (Å²) in [5.41, 5.74) is 0.708. The van der Waals surface area contributed by atoms with Gasteiger partial charge in [0.25, 0.3) is 0 Å². The SMILES string of the molecule is CCNCCOC(=O)C1(c2ccccc2)CCCCC1. The van der Waals surface area contributed by atoms with Gasteiger partial charge >= 0.3 is 5.97 Å². The molecule has 1 saturated carbocycles. The van der Waals surface area contributed by atoms with Gasteiger partial charge in [-0.05, 0) is 24.9 Å². The molecule has 2 rings (SSSR count). The van der Waals surface area contributed by atoms with E-state index in [1.165, 1.54) is 6.42 Å². The number of carbonyl (C=O) groups excluding carboxylic acids is 1. The molecule has 20 heavy (non-hydrogen) atoms. The van der Waals surface area contributed by atoms with Crippen molar-refractivity contribution in [3.05, 3.63) is 35.9 Å². The van der Waals surface area contributed by atoms with Crippen LogP contribution >= 0.6 is 0 Å². The van der Waals surface area contributed by atoms with Crippen LogP contribution in [0.25, 0.3) is 0 Å². The number of nitrogens with one attached hydrogen (secondary N) is 1. The molecule has 1 N–H and O–H groups in total. The number of hydrogen-bond acceptors (Lipinski definition) is 3. The van der Waals surface area contributed by atoms with Gasteiger partial charge in [-0.3, -0.25) is 4.79 Å². The van der Waals surface area contributed by atoms with E-state index in [2.05, 4.69) is 24.4 Å². The van der Waals surface area contributed by atoms with Crippen LogP contribution in [0.1, 0.15) is 44.6 Å². The first-order valence-corrected chi connectivity index (χ1v) is 7.73. The van der Waals surface area contributed by atoms with E-state index in [1.54, 1.807) is 0 Å². The Labute approximate surface area is 121 Å². The number of likely N-dealkylation sites (N-methyl/N-ethyl adjacent to an activating group) is 1. The van der Waals surface area contributed by atoms with Crippen LogP contribution in [0.2, 0.25) is 0 Å². The van der Waals surface area contributed by atoms with Crippen molar-refractivity contribution in [2.45, 2.75) is 44.4 Å². The minimum Gasteiger partial charge on any atom is -0.464 e. The van der Waals surface area contributed by atoms with Crippen molar-refractivity contribution >= 4 is 5.97 Å². The Kier molecular flexibility index (Phi) is 5.60. The van der Waals surface area contributed by atoms with Crippen LogP contribution in [0.4, 0.5) is 0 Å². The van der Waals surface area contributed by atoms with E-state index in [4.69, 9.17) is 4.74 Å². The lowest BCUT2D eigenvalue weighted by Gasteiger charge is -2.35. The minimum atomic E-state index is -0.411. The van der Waals surface area contributed by atoms with Gasteiger partial charge in [0.15, 0.2) is 0 Å². The summed E-state index contributed by atoms with van der Waals surface area (Å²) in [5, 5.41) is 3.18. The monoisotopic (exact) mass is 275 g/mol. The lowest BCUT2D eigenvalue weighted by molar-refractivity contribution is -0.152. The largest absolute Gasteiger partial charge is 0.464 e. The fourth-order valence-corrected chi connectivity index (χ4v) is 3.05. The molecule has 110 valence electrons. The predicted octanol–water partition coefficient (Wildman–Crippen LogP) is 3.04. The first-order valence-electron chi connectivity index (χ1n) is 7.73. The average Bonchev–Trinajstić information content (AvgIpc) is 2.53. The first kappa shape index (κ1) is 15.0. The lowest BCUT2D eigenvalue weighted by Crippen LogP contribution is -2.40. The third-order valence-corrected chi connectivity index (χ3v) is 4.19. The maximum Gasteiger partial charge on any atom is 0.316 e. The van der Waals surface area contributed by atoms with Crippen molar-refractivity contribution in [1.82, 2.24) is 5.32 Å². The molecule has 0 spiro atoms. The molecule has 0 heterocycles. The Morgan fingerprint density at radius 3 is 2.55 bits per heavy atom. The van der Waals surface area contributed by atoms with Crippen LogP contribution in [-0.2, 0) is 14.9 Å². The molecule has 1 aromatic rings. The number of hydrogen-bond donors (Lipinski definition) is 1. The molecule has 0 aliphatic heterocycles. The first-order chi connectivity index (χ1) is 9.79. The zero-order chi connectivity index (χ0) is 14.3. The Morgan fingerprint density at radius 1 is 1.20 bits per heavy atom. The van der Waals surface area contributed by atoms with E-state index in [0.29, 0.717) is 6.61 Å². The summed E-state index contributed by atoms with van der Waals surface area (Å²) in [4.78, 5) is 12.6. The molecule has 1 aromatic carbocycles. The summed E-state index contributed by atoms with van der Waals surface area (Å²) in [5.74, 6) is -0.0405. The van der Waals surface area contributed by atoms with Gasteiger partial charge in [-0.2, -0.15) is 0 Å². The second kappa shape index (κ2) is 7.44. The van der Waals surface area contributed by atoms with E-state index < -0.39 is 5.41 Å². The van der Waals surface area contributed by atoms with Crippen molar-refractivity contribution in [1.29, 1.82) is 0 Å². The Morgan fingerprint density at radius 2 is 1.90 bits per heavy atom. The lowest BCUT2D eigenvalue weighted by atomic mass is 9.69. The molecule has 0 saturated heterocycles. The van der Waals surface area contributed by atoms with Crippen LogP contribution < -0.4 is 5.32 Å². The van der Waals surface area contributed by atoms with E-state index >= 15 is 0 Å². The van der Waals surface area contributed by atoms with Gasteiger partial charge in [-0.15, -0.1) is 0 Å². The topological polar surface area (TPSA) is 38.3 Å². The fourth-order valence-electron chi connectivity index (χ4n) is 3.05. The van der Waals surface area contributed by atoms with E-state index in [9.17, 15) is 4.79 Å². The summed E-state index contributed by atoms with van der Waals surface area (Å²) in [6.07, 6.45) is 5.27. The smallest absolute Gasteiger partial charge is 0.316 e. The maximum atomic E-state index is 12.6. The standard InChI is InChI=1S/C17H25NO2/c1-2-18-13-14-20-16(19)17(11-7-4-8-12-17)15-9-5-3-6-10-15/h3,5-6,9-10,18H,2,4,7-8,11-14H2,1H3. The van der Waals surface area contributed by atoms with Crippen LogP contribution in [-0.4, -0.2) is 25.7 Å². The van der Waals surface area contributed by atoms with Gasteiger partial charge in [0.1, 0.15) is 6.61 Å². The molecule has 0 aromatic heterocycles.